The molecule has 2 N–H and O–H groups in total. The summed E-state index contributed by atoms with van der Waals surface area (Å²) in [5, 5.41) is 1.03. The maximum absolute atomic E-state index is 11.9. The summed E-state index contributed by atoms with van der Waals surface area (Å²) < 4.78 is 5.11. The highest BCUT2D eigenvalue weighted by Crippen LogP contribution is 2.29. The van der Waals surface area contributed by atoms with Gasteiger partial charge in [-0.15, -0.1) is 0 Å². The number of nitrogens with zero attached hydrogens (tertiary/aromatic N) is 2. The van der Waals surface area contributed by atoms with Crippen LogP contribution in [-0.2, 0) is 17.6 Å². The molecule has 1 aromatic heterocycles. The summed E-state index contributed by atoms with van der Waals surface area (Å²) >= 11 is 0. The molecule has 22 heavy (non-hydrogen) atoms. The van der Waals surface area contributed by atoms with Crippen molar-refractivity contribution in [2.75, 3.05) is 25.4 Å². The van der Waals surface area contributed by atoms with Crippen LogP contribution < -0.4 is 5.73 Å². The van der Waals surface area contributed by atoms with Crippen LogP contribution in [0.5, 0.6) is 0 Å². The van der Waals surface area contributed by atoms with Gasteiger partial charge in [-0.2, -0.15) is 0 Å². The van der Waals surface area contributed by atoms with E-state index in [1.165, 1.54) is 11.1 Å². The lowest BCUT2D eigenvalue weighted by Gasteiger charge is -2.18. The average molecular weight is 299 g/mol. The van der Waals surface area contributed by atoms with Crippen LogP contribution in [-0.4, -0.2) is 35.7 Å². The van der Waals surface area contributed by atoms with Crippen LogP contribution in [0, 0.1) is 6.92 Å². The van der Waals surface area contributed by atoms with E-state index in [2.05, 4.69) is 6.92 Å². The van der Waals surface area contributed by atoms with Crippen LogP contribution in [0.2, 0.25) is 0 Å². The lowest BCUT2D eigenvalue weighted by molar-refractivity contribution is 0.109. The second-order valence-corrected chi connectivity index (χ2v) is 5.59. The number of amides is 1. The van der Waals surface area contributed by atoms with Gasteiger partial charge in [0.05, 0.1) is 12.1 Å². The summed E-state index contributed by atoms with van der Waals surface area (Å²) in [5.41, 5.74) is 11.3. The number of ether oxygens (including phenoxy) is 1. The number of carbonyl (C=O) groups excluding carboxylic acids is 1. The van der Waals surface area contributed by atoms with E-state index < -0.39 is 0 Å². The van der Waals surface area contributed by atoms with Gasteiger partial charge in [-0.25, -0.2) is 4.79 Å². The molecule has 0 radical (unpaired) electrons. The first-order chi connectivity index (χ1) is 10.6. The summed E-state index contributed by atoms with van der Waals surface area (Å²) in [6.07, 6.45) is 1.30. The van der Waals surface area contributed by atoms with Gasteiger partial charge in [0.2, 0.25) is 0 Å². The molecule has 3 rings (SSSR count). The molecular formula is C17H21N3O2. The van der Waals surface area contributed by atoms with Gasteiger partial charge >= 0.3 is 6.09 Å². The molecule has 0 saturated carbocycles. The summed E-state index contributed by atoms with van der Waals surface area (Å²) in [6.45, 7) is 5.63. The van der Waals surface area contributed by atoms with Crippen molar-refractivity contribution in [2.24, 2.45) is 0 Å². The van der Waals surface area contributed by atoms with Gasteiger partial charge < -0.3 is 15.4 Å². The highest BCUT2D eigenvalue weighted by atomic mass is 16.6. The molecule has 2 aromatic rings. The number of rotatable bonds is 1. The Morgan fingerprint density at radius 3 is 2.91 bits per heavy atom. The Morgan fingerprint density at radius 2 is 2.14 bits per heavy atom. The van der Waals surface area contributed by atoms with Crippen LogP contribution in [0.3, 0.4) is 0 Å². The van der Waals surface area contributed by atoms with Crippen molar-refractivity contribution in [3.8, 4) is 0 Å². The summed E-state index contributed by atoms with van der Waals surface area (Å²) in [4.78, 5) is 18.5. The Balaban J connectivity index is 1.99. The Kier molecular flexibility index (Phi) is 3.88. The Morgan fingerprint density at radius 1 is 1.36 bits per heavy atom. The normalized spacial score (nSPS) is 14.5. The van der Waals surface area contributed by atoms with E-state index in [0.717, 1.165) is 35.1 Å². The van der Waals surface area contributed by atoms with Crippen molar-refractivity contribution >= 4 is 22.7 Å². The third kappa shape index (κ3) is 2.47. The van der Waals surface area contributed by atoms with E-state index >= 15 is 0 Å². The minimum Gasteiger partial charge on any atom is -0.450 e. The third-order valence-corrected chi connectivity index (χ3v) is 4.28. The third-order valence-electron chi connectivity index (χ3n) is 4.28. The molecule has 1 aliphatic heterocycles. The first-order valence-electron chi connectivity index (χ1n) is 7.70. The van der Waals surface area contributed by atoms with E-state index in [9.17, 15) is 4.79 Å². The summed E-state index contributed by atoms with van der Waals surface area (Å²) in [5.74, 6) is 0. The number of fused-ring (bicyclic) bond motifs is 2. The van der Waals surface area contributed by atoms with Gasteiger partial charge in [0, 0.05) is 36.3 Å². The highest BCUT2D eigenvalue weighted by molar-refractivity contribution is 5.94. The van der Waals surface area contributed by atoms with E-state index in [1.807, 2.05) is 25.1 Å². The van der Waals surface area contributed by atoms with E-state index in [4.69, 9.17) is 15.5 Å². The first kappa shape index (κ1) is 14.6. The molecule has 0 bridgehead atoms. The van der Waals surface area contributed by atoms with Crippen molar-refractivity contribution in [1.82, 2.24) is 9.88 Å². The van der Waals surface area contributed by atoms with Crippen LogP contribution in [0.15, 0.2) is 18.2 Å². The quantitative estimate of drug-likeness (QED) is 0.822. The fourth-order valence-electron chi connectivity index (χ4n) is 3.17. The zero-order chi connectivity index (χ0) is 15.7. The number of nitrogen functional groups attached to an aromatic ring is 1. The molecule has 5 nitrogen and oxygen atoms in total. The van der Waals surface area contributed by atoms with Gasteiger partial charge in [0.15, 0.2) is 0 Å². The van der Waals surface area contributed by atoms with Crippen molar-refractivity contribution in [2.45, 2.75) is 26.7 Å². The largest absolute Gasteiger partial charge is 0.450 e. The molecule has 5 heteroatoms. The van der Waals surface area contributed by atoms with Crippen molar-refractivity contribution < 1.29 is 9.53 Å². The SMILES string of the molecule is CCOC(=O)N1CCc2nc3cccc(N)c3c(C)c2CC1. The molecule has 2 heterocycles. The number of aryl methyl sites for hydroxylation is 1. The number of pyridine rings is 1. The molecule has 0 saturated heterocycles. The summed E-state index contributed by atoms with van der Waals surface area (Å²) in [7, 11) is 0. The number of hydrogen-bond acceptors (Lipinski definition) is 4. The number of anilines is 1. The lowest BCUT2D eigenvalue weighted by Crippen LogP contribution is -2.33. The van der Waals surface area contributed by atoms with Gasteiger partial charge in [-0.3, -0.25) is 4.98 Å². The van der Waals surface area contributed by atoms with Gasteiger partial charge in [0.25, 0.3) is 0 Å². The number of nitrogens with two attached hydrogens (primary N) is 1. The van der Waals surface area contributed by atoms with Gasteiger partial charge in [-0.1, -0.05) is 6.07 Å². The minimum absolute atomic E-state index is 0.239. The van der Waals surface area contributed by atoms with E-state index in [-0.39, 0.29) is 6.09 Å². The van der Waals surface area contributed by atoms with Crippen LogP contribution in [0.1, 0.15) is 23.7 Å². The van der Waals surface area contributed by atoms with E-state index in [0.29, 0.717) is 19.7 Å². The fourth-order valence-corrected chi connectivity index (χ4v) is 3.17. The van der Waals surface area contributed by atoms with Crippen LogP contribution in [0.4, 0.5) is 10.5 Å². The number of aromatic nitrogens is 1. The molecule has 1 amide bonds. The predicted octanol–water partition coefficient (Wildman–Crippen LogP) is 2.68. The molecule has 1 aliphatic rings. The topological polar surface area (TPSA) is 68.5 Å². The van der Waals surface area contributed by atoms with Crippen LogP contribution in [0.25, 0.3) is 10.9 Å². The molecule has 0 fully saturated rings. The van der Waals surface area contributed by atoms with Gasteiger partial charge in [-0.05, 0) is 43.5 Å². The molecular weight excluding hydrogens is 278 g/mol. The highest BCUT2D eigenvalue weighted by Gasteiger charge is 2.22. The Hall–Kier alpha value is -2.30. The zero-order valence-corrected chi connectivity index (χ0v) is 13.1. The van der Waals surface area contributed by atoms with Crippen molar-refractivity contribution in [3.63, 3.8) is 0 Å². The second-order valence-electron chi connectivity index (χ2n) is 5.59. The molecule has 1 aromatic carbocycles. The Bertz CT molecular complexity index is 727. The standard InChI is InChI=1S/C17H21N3O2/c1-3-22-17(21)20-9-7-12-11(2)16-13(18)5-4-6-15(16)19-14(12)8-10-20/h4-6H,3,7-10,18H2,1-2H3. The average Bonchev–Trinajstić information content (AvgIpc) is 2.70. The first-order valence-corrected chi connectivity index (χ1v) is 7.70. The lowest BCUT2D eigenvalue weighted by atomic mass is 9.97. The molecule has 0 aliphatic carbocycles. The fraction of sp³-hybridized carbons (Fsp3) is 0.412. The minimum atomic E-state index is -0.239. The molecule has 0 atom stereocenters. The van der Waals surface area contributed by atoms with Crippen LogP contribution >= 0.6 is 0 Å². The predicted molar refractivity (Wildman–Crippen MR) is 86.9 cm³/mol. The molecule has 0 unspecified atom stereocenters. The number of hydrogen-bond donors (Lipinski definition) is 1. The van der Waals surface area contributed by atoms with Crippen molar-refractivity contribution in [3.05, 3.63) is 35.0 Å². The van der Waals surface area contributed by atoms with Gasteiger partial charge in [0.1, 0.15) is 0 Å². The zero-order valence-electron chi connectivity index (χ0n) is 13.1. The monoisotopic (exact) mass is 299 g/mol. The van der Waals surface area contributed by atoms with Crippen molar-refractivity contribution in [1.29, 1.82) is 0 Å². The second kappa shape index (κ2) is 5.83. The molecule has 116 valence electrons. The maximum Gasteiger partial charge on any atom is 0.409 e. The summed E-state index contributed by atoms with van der Waals surface area (Å²) in [6, 6.07) is 5.83. The number of carbonyl (C=O) groups is 1. The Labute approximate surface area is 130 Å². The molecule has 0 spiro atoms. The number of benzene rings is 1. The van der Waals surface area contributed by atoms with E-state index in [1.54, 1.807) is 4.90 Å². The smallest absolute Gasteiger partial charge is 0.409 e. The maximum atomic E-state index is 11.9.